The van der Waals surface area contributed by atoms with Gasteiger partial charge in [0.1, 0.15) is 18.2 Å². The summed E-state index contributed by atoms with van der Waals surface area (Å²) in [4.78, 5) is 12.6. The number of halogens is 1. The Bertz CT molecular complexity index is 1060. The summed E-state index contributed by atoms with van der Waals surface area (Å²) in [6.07, 6.45) is 1.39. The summed E-state index contributed by atoms with van der Waals surface area (Å²) in [5.41, 5.74) is 4.05. The van der Waals surface area contributed by atoms with Crippen LogP contribution >= 0.6 is 0 Å². The predicted octanol–water partition coefficient (Wildman–Crippen LogP) is 3.89. The topological polar surface area (TPSA) is 89.4 Å². The molecule has 0 saturated carbocycles. The number of carbonyl (C=O) groups excluding carboxylic acids is 1. The quantitative estimate of drug-likeness (QED) is 0.423. The van der Waals surface area contributed by atoms with Gasteiger partial charge in [0.05, 0.1) is 26.0 Å². The lowest BCUT2D eigenvalue weighted by Crippen LogP contribution is -2.18. The van der Waals surface area contributed by atoms with Crippen molar-refractivity contribution in [3.8, 4) is 23.0 Å². The second-order valence-corrected chi connectivity index (χ2v) is 6.38. The van der Waals surface area contributed by atoms with E-state index in [0.717, 1.165) is 5.56 Å². The zero-order valence-electron chi connectivity index (χ0n) is 17.0. The molecular formula is C23H21FN2O5. The van der Waals surface area contributed by atoms with Crippen LogP contribution in [0.3, 0.4) is 0 Å². The maximum absolute atomic E-state index is 13.0. The van der Waals surface area contributed by atoms with E-state index >= 15 is 0 Å². The van der Waals surface area contributed by atoms with Gasteiger partial charge in [0.25, 0.3) is 5.91 Å². The van der Waals surface area contributed by atoms with Gasteiger partial charge in [-0.15, -0.1) is 0 Å². The smallest absolute Gasteiger partial charge is 0.275 e. The van der Waals surface area contributed by atoms with Crippen LogP contribution in [0.2, 0.25) is 0 Å². The van der Waals surface area contributed by atoms with Gasteiger partial charge in [0, 0.05) is 5.56 Å². The fourth-order valence-corrected chi connectivity index (χ4v) is 2.74. The highest BCUT2D eigenvalue weighted by Gasteiger charge is 2.13. The van der Waals surface area contributed by atoms with E-state index in [-0.39, 0.29) is 29.7 Å². The van der Waals surface area contributed by atoms with Crippen LogP contribution < -0.4 is 19.6 Å². The average Bonchev–Trinajstić information content (AvgIpc) is 2.79. The van der Waals surface area contributed by atoms with Crippen LogP contribution in [-0.2, 0) is 6.61 Å². The van der Waals surface area contributed by atoms with Crippen LogP contribution in [0.4, 0.5) is 4.39 Å². The first-order valence-corrected chi connectivity index (χ1v) is 9.26. The van der Waals surface area contributed by atoms with Crippen LogP contribution in [0.15, 0.2) is 65.8 Å². The van der Waals surface area contributed by atoms with Crippen molar-refractivity contribution in [1.82, 2.24) is 5.43 Å². The highest BCUT2D eigenvalue weighted by atomic mass is 19.1. The van der Waals surface area contributed by atoms with Crippen molar-refractivity contribution in [2.24, 2.45) is 5.10 Å². The molecule has 0 fully saturated rings. The van der Waals surface area contributed by atoms with Crippen LogP contribution in [-0.4, -0.2) is 31.4 Å². The monoisotopic (exact) mass is 424 g/mol. The van der Waals surface area contributed by atoms with Crippen molar-refractivity contribution in [3.63, 3.8) is 0 Å². The number of nitrogens with one attached hydrogen (secondary N) is 1. The lowest BCUT2D eigenvalue weighted by Gasteiger charge is -2.11. The number of ether oxygens (including phenoxy) is 3. The number of hydrogen-bond donors (Lipinski definition) is 2. The molecule has 0 aliphatic heterocycles. The van der Waals surface area contributed by atoms with Crippen molar-refractivity contribution >= 4 is 12.1 Å². The number of benzene rings is 3. The first kappa shape index (κ1) is 21.6. The summed E-state index contributed by atoms with van der Waals surface area (Å²) < 4.78 is 28.9. The largest absolute Gasteiger partial charge is 0.502 e. The Balaban J connectivity index is 1.69. The molecule has 31 heavy (non-hydrogen) atoms. The van der Waals surface area contributed by atoms with Crippen molar-refractivity contribution < 1.29 is 28.5 Å². The Morgan fingerprint density at radius 3 is 2.32 bits per heavy atom. The molecule has 3 rings (SSSR count). The minimum Gasteiger partial charge on any atom is -0.502 e. The predicted molar refractivity (Wildman–Crippen MR) is 113 cm³/mol. The molecule has 1 amide bonds. The molecule has 0 spiro atoms. The molecule has 0 aliphatic rings. The van der Waals surface area contributed by atoms with Gasteiger partial charge < -0.3 is 19.3 Å². The van der Waals surface area contributed by atoms with Crippen LogP contribution in [0.1, 0.15) is 21.5 Å². The third-order valence-electron chi connectivity index (χ3n) is 4.32. The first-order valence-electron chi connectivity index (χ1n) is 9.26. The Hall–Kier alpha value is -4.07. The normalized spacial score (nSPS) is 10.7. The summed E-state index contributed by atoms with van der Waals surface area (Å²) in [6, 6.07) is 15.7. The van der Waals surface area contributed by atoms with Crippen molar-refractivity contribution in [2.45, 2.75) is 6.61 Å². The molecule has 2 N–H and O–H groups in total. The second kappa shape index (κ2) is 10.1. The van der Waals surface area contributed by atoms with E-state index in [1.165, 1.54) is 32.6 Å². The lowest BCUT2D eigenvalue weighted by atomic mass is 10.2. The molecule has 3 aromatic rings. The number of hydrogen-bond acceptors (Lipinski definition) is 6. The number of hydrazone groups is 1. The molecule has 0 atom stereocenters. The van der Waals surface area contributed by atoms with Gasteiger partial charge in [-0.1, -0.05) is 24.3 Å². The first-order chi connectivity index (χ1) is 15.0. The van der Waals surface area contributed by atoms with Gasteiger partial charge in [-0.05, 0) is 42.0 Å². The molecule has 0 aromatic heterocycles. The third kappa shape index (κ3) is 5.51. The molecule has 8 heteroatoms. The highest BCUT2D eigenvalue weighted by Crippen LogP contribution is 2.36. The average molecular weight is 424 g/mol. The second-order valence-electron chi connectivity index (χ2n) is 6.38. The van der Waals surface area contributed by atoms with E-state index in [2.05, 4.69) is 10.5 Å². The van der Waals surface area contributed by atoms with Crippen LogP contribution in [0.25, 0.3) is 0 Å². The van der Waals surface area contributed by atoms with Gasteiger partial charge in [-0.3, -0.25) is 4.79 Å². The van der Waals surface area contributed by atoms with Gasteiger partial charge in [0.2, 0.25) is 5.75 Å². The van der Waals surface area contributed by atoms with E-state index in [9.17, 15) is 14.3 Å². The molecule has 7 nitrogen and oxygen atoms in total. The summed E-state index contributed by atoms with van der Waals surface area (Å²) in [6.45, 7) is 0.181. The molecule has 0 heterocycles. The summed E-state index contributed by atoms with van der Waals surface area (Å²) in [7, 11) is 2.83. The number of nitrogens with zero attached hydrogens (tertiary/aromatic N) is 1. The molecule has 0 unspecified atom stereocenters. The molecule has 0 aliphatic carbocycles. The van der Waals surface area contributed by atoms with E-state index in [1.807, 2.05) is 0 Å². The van der Waals surface area contributed by atoms with E-state index in [4.69, 9.17) is 14.2 Å². The van der Waals surface area contributed by atoms with E-state index in [0.29, 0.717) is 16.9 Å². The number of carbonyl (C=O) groups is 1. The van der Waals surface area contributed by atoms with E-state index < -0.39 is 5.91 Å². The van der Waals surface area contributed by atoms with Crippen molar-refractivity contribution in [2.75, 3.05) is 14.2 Å². The molecular weight excluding hydrogens is 403 g/mol. The Labute approximate surface area is 178 Å². The summed E-state index contributed by atoms with van der Waals surface area (Å²) in [5, 5.41) is 13.9. The van der Waals surface area contributed by atoms with Gasteiger partial charge in [-0.2, -0.15) is 5.10 Å². The summed E-state index contributed by atoms with van der Waals surface area (Å²) >= 11 is 0. The summed E-state index contributed by atoms with van der Waals surface area (Å²) in [5.74, 6) is -0.127. The van der Waals surface area contributed by atoms with Gasteiger partial charge in [0.15, 0.2) is 11.5 Å². The van der Waals surface area contributed by atoms with E-state index in [1.54, 1.807) is 48.5 Å². The fraction of sp³-hybridized carbons (Fsp3) is 0.130. The number of rotatable bonds is 8. The maximum atomic E-state index is 13.0. The standard InChI is InChI=1S/C23H21FN2O5/c1-29-20-11-16(12-21(30-2)22(20)27)13-25-26-23(28)18-5-3-4-6-19(18)31-14-15-7-9-17(24)10-8-15/h3-13,27H,14H2,1-2H3,(H,26,28)/b25-13-. The SMILES string of the molecule is COc1cc(/C=N\NC(=O)c2ccccc2OCc2ccc(F)cc2)cc(OC)c1O. The Kier molecular flexibility index (Phi) is 7.05. The Morgan fingerprint density at radius 1 is 1.03 bits per heavy atom. The number of amides is 1. The van der Waals surface area contributed by atoms with Crippen LogP contribution in [0, 0.1) is 5.82 Å². The zero-order valence-corrected chi connectivity index (χ0v) is 17.0. The van der Waals surface area contributed by atoms with Crippen LogP contribution in [0.5, 0.6) is 23.0 Å². The van der Waals surface area contributed by atoms with Crippen molar-refractivity contribution in [1.29, 1.82) is 0 Å². The maximum Gasteiger partial charge on any atom is 0.275 e. The molecule has 0 radical (unpaired) electrons. The third-order valence-corrected chi connectivity index (χ3v) is 4.32. The molecule has 0 saturated heterocycles. The number of para-hydroxylation sites is 1. The Morgan fingerprint density at radius 2 is 1.68 bits per heavy atom. The molecule has 160 valence electrons. The van der Waals surface area contributed by atoms with Gasteiger partial charge in [-0.25, -0.2) is 9.82 Å². The number of aromatic hydroxyl groups is 1. The number of methoxy groups -OCH3 is 2. The van der Waals surface area contributed by atoms with Gasteiger partial charge >= 0.3 is 0 Å². The minimum absolute atomic E-state index is 0.126. The van der Waals surface area contributed by atoms with Crippen molar-refractivity contribution in [3.05, 3.63) is 83.2 Å². The zero-order chi connectivity index (χ0) is 22.2. The lowest BCUT2D eigenvalue weighted by molar-refractivity contribution is 0.0950. The molecule has 0 bridgehead atoms. The minimum atomic E-state index is -0.469. The fourth-order valence-electron chi connectivity index (χ4n) is 2.74. The highest BCUT2D eigenvalue weighted by molar-refractivity contribution is 5.97. The number of phenols is 1. The number of phenolic OH excluding ortho intramolecular Hbond substituents is 1. The molecule has 3 aromatic carbocycles.